The molecule has 5 unspecified atom stereocenters. The molecule has 1 heterocycles. The molecule has 24 heavy (non-hydrogen) atoms. The average Bonchev–Trinajstić information content (AvgIpc) is 2.97. The van der Waals surface area contributed by atoms with Crippen molar-refractivity contribution in [3.05, 3.63) is 48.1 Å². The highest BCUT2D eigenvalue weighted by atomic mass is 16.6. The fourth-order valence-corrected chi connectivity index (χ4v) is 4.15. The Balaban J connectivity index is 1.86. The van der Waals surface area contributed by atoms with Crippen LogP contribution in [0, 0.1) is 17.8 Å². The Labute approximate surface area is 142 Å². The molecule has 2 saturated carbocycles. The van der Waals surface area contributed by atoms with Gasteiger partial charge in [0.15, 0.2) is 0 Å². The van der Waals surface area contributed by atoms with Crippen molar-refractivity contribution in [2.45, 2.75) is 45.3 Å². The maximum Gasteiger partial charge on any atom is 0.334 e. The molecule has 3 aliphatic rings. The fourth-order valence-electron chi connectivity index (χ4n) is 4.15. The first-order valence-corrected chi connectivity index (χ1v) is 8.45. The third kappa shape index (κ3) is 2.54. The Hall–Kier alpha value is -2.10. The molecule has 4 heteroatoms. The van der Waals surface area contributed by atoms with Crippen LogP contribution in [0.2, 0.25) is 0 Å². The maximum atomic E-state index is 12.1. The lowest BCUT2D eigenvalue weighted by molar-refractivity contribution is -0.143. The van der Waals surface area contributed by atoms with Crippen molar-refractivity contribution in [2.24, 2.45) is 17.8 Å². The molecule has 0 spiro atoms. The Morgan fingerprint density at radius 2 is 2.00 bits per heavy atom. The van der Waals surface area contributed by atoms with Gasteiger partial charge in [-0.1, -0.05) is 31.4 Å². The first kappa shape index (κ1) is 16.7. The normalized spacial score (nSPS) is 36.1. The highest BCUT2D eigenvalue weighted by Gasteiger charge is 2.53. The van der Waals surface area contributed by atoms with Gasteiger partial charge in [0.1, 0.15) is 12.2 Å². The van der Waals surface area contributed by atoms with Crippen LogP contribution in [-0.2, 0) is 19.1 Å². The van der Waals surface area contributed by atoms with Gasteiger partial charge in [-0.3, -0.25) is 0 Å². The molecule has 5 atom stereocenters. The number of rotatable bonds is 2. The summed E-state index contributed by atoms with van der Waals surface area (Å²) in [5.74, 6) is -0.538. The number of carbonyl (C=O) groups is 2. The molecule has 4 nitrogen and oxygen atoms in total. The van der Waals surface area contributed by atoms with Crippen molar-refractivity contribution >= 4 is 11.9 Å². The number of allylic oxidation sites excluding steroid dienone is 2. The van der Waals surface area contributed by atoms with Crippen molar-refractivity contribution in [3.63, 3.8) is 0 Å². The van der Waals surface area contributed by atoms with Crippen molar-refractivity contribution in [2.75, 3.05) is 0 Å². The summed E-state index contributed by atoms with van der Waals surface area (Å²) >= 11 is 0. The standard InChI is InChI=1S/C20H24O4/c1-6-10(2)19(21)23-16-9-15-11(3)7-8-14-12(4)20(22)24-18(14)17(15)13(16)5/h6,14-18H,3-5,7-9H2,1-2H3. The zero-order chi connectivity index (χ0) is 17.6. The minimum absolute atomic E-state index is 0.00715. The lowest BCUT2D eigenvalue weighted by atomic mass is 9.82. The van der Waals surface area contributed by atoms with E-state index in [1.807, 2.05) is 0 Å². The molecule has 3 rings (SSSR count). The number of hydrogen-bond acceptors (Lipinski definition) is 4. The van der Waals surface area contributed by atoms with Gasteiger partial charge in [0.2, 0.25) is 0 Å². The van der Waals surface area contributed by atoms with Gasteiger partial charge in [0, 0.05) is 23.0 Å². The lowest BCUT2D eigenvalue weighted by Gasteiger charge is -2.26. The second-order valence-corrected chi connectivity index (χ2v) is 7.01. The molecule has 128 valence electrons. The quantitative estimate of drug-likeness (QED) is 0.442. The third-order valence-electron chi connectivity index (χ3n) is 5.75. The van der Waals surface area contributed by atoms with Gasteiger partial charge >= 0.3 is 11.9 Å². The number of fused-ring (bicyclic) bond motifs is 3. The van der Waals surface area contributed by atoms with E-state index in [9.17, 15) is 9.59 Å². The summed E-state index contributed by atoms with van der Waals surface area (Å²) < 4.78 is 11.3. The summed E-state index contributed by atoms with van der Waals surface area (Å²) in [4.78, 5) is 24.1. The van der Waals surface area contributed by atoms with E-state index < -0.39 is 0 Å². The molecule has 0 aromatic rings. The minimum atomic E-state index is -0.356. The summed E-state index contributed by atoms with van der Waals surface area (Å²) in [6.07, 6.45) is 3.45. The van der Waals surface area contributed by atoms with E-state index in [-0.39, 0.29) is 41.9 Å². The van der Waals surface area contributed by atoms with E-state index in [0.717, 1.165) is 24.0 Å². The van der Waals surface area contributed by atoms with Crippen LogP contribution in [0.3, 0.4) is 0 Å². The third-order valence-corrected chi connectivity index (χ3v) is 5.75. The maximum absolute atomic E-state index is 12.1. The van der Waals surface area contributed by atoms with Crippen LogP contribution >= 0.6 is 0 Å². The van der Waals surface area contributed by atoms with E-state index >= 15 is 0 Å². The van der Waals surface area contributed by atoms with Crippen LogP contribution in [0.5, 0.6) is 0 Å². The molecular formula is C20H24O4. The number of hydrogen-bond donors (Lipinski definition) is 0. The summed E-state index contributed by atoms with van der Waals surface area (Å²) in [5.41, 5.74) is 3.08. The molecule has 1 aliphatic heterocycles. The Morgan fingerprint density at radius 1 is 1.29 bits per heavy atom. The van der Waals surface area contributed by atoms with E-state index in [2.05, 4.69) is 19.7 Å². The summed E-state index contributed by atoms with van der Waals surface area (Å²) in [6, 6.07) is 0. The Bertz CT molecular complexity index is 669. The number of esters is 2. The molecule has 3 fully saturated rings. The molecular weight excluding hydrogens is 304 g/mol. The van der Waals surface area contributed by atoms with Gasteiger partial charge in [-0.05, 0) is 44.6 Å². The molecule has 0 aromatic heterocycles. The van der Waals surface area contributed by atoms with Crippen molar-refractivity contribution in [3.8, 4) is 0 Å². The first-order chi connectivity index (χ1) is 11.3. The molecule has 0 bridgehead atoms. The van der Waals surface area contributed by atoms with Crippen LogP contribution in [0.25, 0.3) is 0 Å². The summed E-state index contributed by atoms with van der Waals surface area (Å²) in [7, 11) is 0. The van der Waals surface area contributed by atoms with Gasteiger partial charge in [0.05, 0.1) is 0 Å². The predicted molar refractivity (Wildman–Crippen MR) is 90.9 cm³/mol. The van der Waals surface area contributed by atoms with Crippen LogP contribution in [0.4, 0.5) is 0 Å². The van der Waals surface area contributed by atoms with Gasteiger partial charge < -0.3 is 9.47 Å². The van der Waals surface area contributed by atoms with Gasteiger partial charge in [-0.2, -0.15) is 0 Å². The predicted octanol–water partition coefficient (Wildman–Crippen LogP) is 3.50. The largest absolute Gasteiger partial charge is 0.458 e. The Kier molecular flexibility index (Phi) is 4.24. The van der Waals surface area contributed by atoms with Gasteiger partial charge in [-0.25, -0.2) is 9.59 Å². The zero-order valence-electron chi connectivity index (χ0n) is 14.3. The van der Waals surface area contributed by atoms with Crippen LogP contribution < -0.4 is 0 Å². The lowest BCUT2D eigenvalue weighted by Crippen LogP contribution is -2.29. The zero-order valence-corrected chi connectivity index (χ0v) is 14.3. The molecule has 0 amide bonds. The highest BCUT2D eigenvalue weighted by molar-refractivity contribution is 5.91. The summed E-state index contributed by atoms with van der Waals surface area (Å²) in [6.45, 7) is 15.8. The highest BCUT2D eigenvalue weighted by Crippen LogP contribution is 2.52. The minimum Gasteiger partial charge on any atom is -0.458 e. The molecule has 0 radical (unpaired) electrons. The van der Waals surface area contributed by atoms with E-state index in [0.29, 0.717) is 17.6 Å². The SMILES string of the molecule is C=C1C(=O)OC2C1CCC(=C)C1CC(OC(=O)C(C)=CC)C(=C)C12. The van der Waals surface area contributed by atoms with Crippen LogP contribution in [-0.4, -0.2) is 24.1 Å². The topological polar surface area (TPSA) is 52.6 Å². The van der Waals surface area contributed by atoms with Crippen molar-refractivity contribution in [1.82, 2.24) is 0 Å². The van der Waals surface area contributed by atoms with E-state index in [1.54, 1.807) is 19.9 Å². The number of carbonyl (C=O) groups excluding carboxylic acids is 2. The summed E-state index contributed by atoms with van der Waals surface area (Å²) in [5, 5.41) is 0. The smallest absolute Gasteiger partial charge is 0.334 e. The molecule has 0 N–H and O–H groups in total. The van der Waals surface area contributed by atoms with Gasteiger partial charge in [-0.15, -0.1) is 0 Å². The molecule has 0 aromatic carbocycles. The second-order valence-electron chi connectivity index (χ2n) is 7.01. The second kappa shape index (κ2) is 6.08. The van der Waals surface area contributed by atoms with Gasteiger partial charge in [0.25, 0.3) is 0 Å². The van der Waals surface area contributed by atoms with Crippen molar-refractivity contribution in [1.29, 1.82) is 0 Å². The van der Waals surface area contributed by atoms with Crippen LogP contribution in [0.1, 0.15) is 33.1 Å². The number of ether oxygens (including phenoxy) is 2. The van der Waals surface area contributed by atoms with E-state index in [1.165, 1.54) is 0 Å². The molecule has 2 aliphatic carbocycles. The monoisotopic (exact) mass is 328 g/mol. The molecule has 1 saturated heterocycles. The first-order valence-electron chi connectivity index (χ1n) is 8.45. The fraction of sp³-hybridized carbons (Fsp3) is 0.500. The van der Waals surface area contributed by atoms with Crippen molar-refractivity contribution < 1.29 is 19.1 Å². The average molecular weight is 328 g/mol. The Morgan fingerprint density at radius 3 is 2.67 bits per heavy atom. The van der Waals surface area contributed by atoms with E-state index in [4.69, 9.17) is 9.47 Å². The van der Waals surface area contributed by atoms with Crippen LogP contribution in [0.15, 0.2) is 48.1 Å².